The number of hydrogen-bond acceptors (Lipinski definition) is 4. The van der Waals surface area contributed by atoms with Crippen LogP contribution in [0.5, 0.6) is 0 Å². The fourth-order valence-electron chi connectivity index (χ4n) is 4.73. The lowest BCUT2D eigenvalue weighted by atomic mass is 9.99. The Bertz CT molecular complexity index is 1130. The second-order valence-corrected chi connectivity index (χ2v) is 10.8. The zero-order valence-electron chi connectivity index (χ0n) is 20.4. The van der Waals surface area contributed by atoms with Crippen molar-refractivity contribution in [2.75, 3.05) is 13.1 Å². The maximum absolute atomic E-state index is 9.53. The number of nitriles is 1. The van der Waals surface area contributed by atoms with Gasteiger partial charge in [0.1, 0.15) is 5.01 Å². The van der Waals surface area contributed by atoms with Crippen LogP contribution in [-0.4, -0.2) is 23.0 Å². The molecular formula is C29H35N3S. The number of fused-ring (bicyclic) bond motifs is 1. The summed E-state index contributed by atoms with van der Waals surface area (Å²) in [5.41, 5.74) is 7.33. The first kappa shape index (κ1) is 23.7. The zero-order valence-corrected chi connectivity index (χ0v) is 21.2. The Morgan fingerprint density at radius 2 is 1.97 bits per heavy atom. The van der Waals surface area contributed by atoms with Gasteiger partial charge in [-0.3, -0.25) is 4.90 Å². The third kappa shape index (κ3) is 5.21. The van der Waals surface area contributed by atoms with Crippen LogP contribution in [-0.2, 0) is 12.8 Å². The highest BCUT2D eigenvalue weighted by atomic mass is 32.1. The third-order valence-corrected chi connectivity index (χ3v) is 7.42. The minimum Gasteiger partial charge on any atom is -0.296 e. The molecular weight excluding hydrogens is 422 g/mol. The van der Waals surface area contributed by atoms with Gasteiger partial charge in [0.15, 0.2) is 0 Å². The molecule has 3 nitrogen and oxygen atoms in total. The Labute approximate surface area is 203 Å². The molecule has 33 heavy (non-hydrogen) atoms. The van der Waals surface area contributed by atoms with Crippen molar-refractivity contribution in [1.29, 1.82) is 5.26 Å². The van der Waals surface area contributed by atoms with Gasteiger partial charge in [-0.2, -0.15) is 5.26 Å². The number of nitrogens with zero attached hydrogens (tertiary/aromatic N) is 3. The number of hydrogen-bond donors (Lipinski definition) is 0. The lowest BCUT2D eigenvalue weighted by Gasteiger charge is -2.37. The quantitative estimate of drug-likeness (QED) is 0.395. The van der Waals surface area contributed by atoms with Gasteiger partial charge in [-0.1, -0.05) is 64.4 Å². The highest BCUT2D eigenvalue weighted by Gasteiger charge is 2.32. The molecule has 0 radical (unpaired) electrons. The molecule has 1 saturated heterocycles. The minimum absolute atomic E-state index is 0.607. The van der Waals surface area contributed by atoms with Gasteiger partial charge in [0.05, 0.1) is 16.5 Å². The topological polar surface area (TPSA) is 39.9 Å². The molecule has 2 aromatic carbocycles. The van der Waals surface area contributed by atoms with Gasteiger partial charge in [-0.15, -0.1) is 11.3 Å². The molecule has 1 unspecified atom stereocenters. The molecule has 2 aliphatic rings. The maximum Gasteiger partial charge on any atom is 0.123 e. The molecule has 1 aliphatic carbocycles. The van der Waals surface area contributed by atoms with E-state index in [0.29, 0.717) is 6.04 Å². The van der Waals surface area contributed by atoms with Crippen molar-refractivity contribution in [3.8, 4) is 27.1 Å². The summed E-state index contributed by atoms with van der Waals surface area (Å²) in [6, 6.07) is 16.0. The van der Waals surface area contributed by atoms with Gasteiger partial charge in [-0.25, -0.2) is 4.98 Å². The molecule has 0 saturated carbocycles. The van der Waals surface area contributed by atoms with Crippen molar-refractivity contribution in [3.63, 3.8) is 0 Å². The van der Waals surface area contributed by atoms with Crippen LogP contribution in [0.4, 0.5) is 0 Å². The Kier molecular flexibility index (Phi) is 7.63. The zero-order chi connectivity index (χ0) is 23.4. The molecule has 0 N–H and O–H groups in total. The monoisotopic (exact) mass is 457 g/mol. The lowest BCUT2D eigenvalue weighted by Crippen LogP contribution is -2.39. The highest BCUT2D eigenvalue weighted by Crippen LogP contribution is 2.44. The van der Waals surface area contributed by atoms with Gasteiger partial charge in [0, 0.05) is 17.8 Å². The normalized spacial score (nSPS) is 17.2. The average Bonchev–Trinajstić information content (AvgIpc) is 3.41. The van der Waals surface area contributed by atoms with Crippen LogP contribution in [0.1, 0.15) is 75.3 Å². The smallest absolute Gasteiger partial charge is 0.123 e. The van der Waals surface area contributed by atoms with E-state index >= 15 is 0 Å². The summed E-state index contributed by atoms with van der Waals surface area (Å²) in [6.07, 6.45) is 7.74. The number of thiazole rings is 1. The summed E-state index contributed by atoms with van der Waals surface area (Å²) in [4.78, 5) is 8.57. The van der Waals surface area contributed by atoms with E-state index in [9.17, 15) is 5.26 Å². The number of aromatic nitrogens is 1. The standard InChI is InChI=1S/C25H25N3S.C4H10/c1-2-5-17-8-9-18(14-19(17)15-26)25-27-16-24(29-25)22-7-3-6-21-20(22)10-11-23(21)28-12-4-13-28;1-4(2)3/h3,6-9,14,16,23H,2,4-5,10-13H2,1H3;4H,1-3H3. The summed E-state index contributed by atoms with van der Waals surface area (Å²) in [5.74, 6) is 0.833. The van der Waals surface area contributed by atoms with E-state index in [-0.39, 0.29) is 0 Å². The van der Waals surface area contributed by atoms with Crippen LogP contribution < -0.4 is 0 Å². The Balaban J connectivity index is 0.000000601. The molecule has 1 aliphatic heterocycles. The molecule has 0 spiro atoms. The predicted molar refractivity (Wildman–Crippen MR) is 139 cm³/mol. The van der Waals surface area contributed by atoms with Crippen molar-refractivity contribution in [2.45, 2.75) is 65.8 Å². The number of likely N-dealkylation sites (tertiary alicyclic amines) is 1. The van der Waals surface area contributed by atoms with E-state index in [2.05, 4.69) is 69.0 Å². The van der Waals surface area contributed by atoms with E-state index in [1.165, 1.54) is 47.5 Å². The molecule has 4 heteroatoms. The number of aryl methyl sites for hydroxylation is 1. The summed E-state index contributed by atoms with van der Waals surface area (Å²) < 4.78 is 0. The van der Waals surface area contributed by atoms with Gasteiger partial charge in [0.2, 0.25) is 0 Å². The van der Waals surface area contributed by atoms with Crippen molar-refractivity contribution in [1.82, 2.24) is 9.88 Å². The number of benzene rings is 2. The molecule has 1 fully saturated rings. The molecule has 1 atom stereocenters. The fraction of sp³-hybridized carbons (Fsp3) is 0.448. The van der Waals surface area contributed by atoms with Crippen LogP contribution in [0.3, 0.4) is 0 Å². The van der Waals surface area contributed by atoms with Crippen molar-refractivity contribution in [2.24, 2.45) is 5.92 Å². The second-order valence-electron chi connectivity index (χ2n) is 9.81. The van der Waals surface area contributed by atoms with Crippen LogP contribution in [0.25, 0.3) is 21.0 Å². The lowest BCUT2D eigenvalue weighted by molar-refractivity contribution is 0.118. The van der Waals surface area contributed by atoms with Gasteiger partial charge < -0.3 is 0 Å². The van der Waals surface area contributed by atoms with Crippen LogP contribution in [0.2, 0.25) is 0 Å². The Morgan fingerprint density at radius 1 is 1.18 bits per heavy atom. The molecule has 5 rings (SSSR count). The highest BCUT2D eigenvalue weighted by molar-refractivity contribution is 7.18. The van der Waals surface area contributed by atoms with Gasteiger partial charge >= 0.3 is 0 Å². The summed E-state index contributed by atoms with van der Waals surface area (Å²) in [7, 11) is 0. The molecule has 3 aromatic rings. The molecule has 172 valence electrons. The largest absolute Gasteiger partial charge is 0.296 e. The van der Waals surface area contributed by atoms with E-state index in [1.54, 1.807) is 11.3 Å². The Morgan fingerprint density at radius 3 is 2.64 bits per heavy atom. The first-order valence-electron chi connectivity index (χ1n) is 12.4. The first-order valence-corrected chi connectivity index (χ1v) is 13.2. The SMILES string of the molecule is CC(C)C.CCCc1ccc(-c2ncc(-c3cccc4c3CCC4N3CCC3)s2)cc1C#N. The second kappa shape index (κ2) is 10.6. The van der Waals surface area contributed by atoms with Crippen molar-refractivity contribution in [3.05, 3.63) is 64.8 Å². The van der Waals surface area contributed by atoms with Crippen molar-refractivity contribution < 1.29 is 0 Å². The maximum atomic E-state index is 9.53. The summed E-state index contributed by atoms with van der Waals surface area (Å²) in [6.45, 7) is 11.1. The Hall–Kier alpha value is -2.48. The van der Waals surface area contributed by atoms with E-state index in [0.717, 1.165) is 46.9 Å². The van der Waals surface area contributed by atoms with E-state index in [4.69, 9.17) is 4.98 Å². The minimum atomic E-state index is 0.607. The third-order valence-electron chi connectivity index (χ3n) is 6.34. The predicted octanol–water partition coefficient (Wildman–Crippen LogP) is 7.66. The van der Waals surface area contributed by atoms with Crippen LogP contribution >= 0.6 is 11.3 Å². The van der Waals surface area contributed by atoms with Crippen molar-refractivity contribution >= 4 is 11.3 Å². The molecule has 2 heterocycles. The summed E-state index contributed by atoms with van der Waals surface area (Å²) in [5, 5.41) is 10.5. The number of rotatable bonds is 5. The molecule has 0 bridgehead atoms. The van der Waals surface area contributed by atoms with Gasteiger partial charge in [-0.05, 0) is 73.0 Å². The van der Waals surface area contributed by atoms with Crippen LogP contribution in [0.15, 0.2) is 42.6 Å². The molecule has 1 aromatic heterocycles. The van der Waals surface area contributed by atoms with Gasteiger partial charge in [0.25, 0.3) is 0 Å². The van der Waals surface area contributed by atoms with Crippen LogP contribution in [0, 0.1) is 17.2 Å². The fourth-order valence-corrected chi connectivity index (χ4v) is 5.69. The van der Waals surface area contributed by atoms with E-state index in [1.807, 2.05) is 12.3 Å². The van der Waals surface area contributed by atoms with E-state index < -0.39 is 0 Å². The summed E-state index contributed by atoms with van der Waals surface area (Å²) >= 11 is 1.74. The molecule has 0 amide bonds. The average molecular weight is 458 g/mol. The first-order chi connectivity index (χ1) is 16.0.